The Hall–Kier alpha value is -2.19. The highest BCUT2D eigenvalue weighted by molar-refractivity contribution is 7.09. The van der Waals surface area contributed by atoms with Gasteiger partial charge in [-0.05, 0) is 31.5 Å². The lowest BCUT2D eigenvalue weighted by molar-refractivity contribution is -0.135. The van der Waals surface area contributed by atoms with Crippen LogP contribution in [0.4, 0.5) is 5.13 Å². The fraction of sp³-hybridized carbons (Fsp3) is 0.550. The number of anilines is 1. The monoisotopic (exact) mass is 404 g/mol. The minimum Gasteiger partial charge on any atom is -0.497 e. The summed E-state index contributed by atoms with van der Waals surface area (Å²) in [5.74, 6) is 1.80. The molecular formula is C20H28N4O3S. The number of methoxy groups -OCH3 is 1. The van der Waals surface area contributed by atoms with E-state index in [0.717, 1.165) is 22.3 Å². The molecule has 0 N–H and O–H groups in total. The van der Waals surface area contributed by atoms with Crippen molar-refractivity contribution in [2.45, 2.75) is 32.7 Å². The van der Waals surface area contributed by atoms with Crippen LogP contribution in [0, 0.1) is 0 Å². The molecule has 0 spiro atoms. The van der Waals surface area contributed by atoms with Gasteiger partial charge in [0.25, 0.3) is 0 Å². The van der Waals surface area contributed by atoms with Gasteiger partial charge in [0.05, 0.1) is 20.3 Å². The second-order valence-corrected chi connectivity index (χ2v) is 7.78. The lowest BCUT2D eigenvalue weighted by Crippen LogP contribution is -2.42. The molecule has 2 heterocycles. The third-order valence-electron chi connectivity index (χ3n) is 4.75. The van der Waals surface area contributed by atoms with E-state index in [1.54, 1.807) is 7.11 Å². The second kappa shape index (κ2) is 9.84. The van der Waals surface area contributed by atoms with Crippen molar-refractivity contribution in [3.05, 3.63) is 35.7 Å². The van der Waals surface area contributed by atoms with Crippen molar-refractivity contribution in [3.63, 3.8) is 0 Å². The van der Waals surface area contributed by atoms with Crippen LogP contribution in [0.3, 0.4) is 0 Å². The molecule has 7 nitrogen and oxygen atoms in total. The molecule has 3 rings (SSSR count). The first-order valence-electron chi connectivity index (χ1n) is 9.64. The van der Waals surface area contributed by atoms with Gasteiger partial charge in [0.1, 0.15) is 11.6 Å². The maximum Gasteiger partial charge on any atom is 0.224 e. The van der Waals surface area contributed by atoms with Crippen LogP contribution in [-0.4, -0.2) is 66.2 Å². The van der Waals surface area contributed by atoms with Gasteiger partial charge < -0.3 is 19.3 Å². The number of aromatic nitrogens is 2. The van der Waals surface area contributed by atoms with Crippen LogP contribution in [0.5, 0.6) is 5.75 Å². The van der Waals surface area contributed by atoms with Gasteiger partial charge in [-0.25, -0.2) is 4.98 Å². The summed E-state index contributed by atoms with van der Waals surface area (Å²) in [6.07, 6.45) is 1.13. The lowest BCUT2D eigenvalue weighted by atomic mass is 10.1. The third kappa shape index (κ3) is 5.42. The highest BCUT2D eigenvalue weighted by Crippen LogP contribution is 2.22. The molecule has 0 saturated carbocycles. The summed E-state index contributed by atoms with van der Waals surface area (Å²) < 4.78 is 15.1. The molecule has 0 atom stereocenters. The van der Waals surface area contributed by atoms with E-state index in [-0.39, 0.29) is 11.9 Å². The normalized spacial score (nSPS) is 14.4. The molecular weight excluding hydrogens is 376 g/mol. The average Bonchev–Trinajstić information content (AvgIpc) is 3.16. The molecule has 0 unspecified atom stereocenters. The van der Waals surface area contributed by atoms with Crippen molar-refractivity contribution >= 4 is 22.6 Å². The Morgan fingerprint density at radius 3 is 2.86 bits per heavy atom. The molecule has 0 aliphatic carbocycles. The number of carbonyl (C=O) groups is 1. The smallest absolute Gasteiger partial charge is 0.224 e. The summed E-state index contributed by atoms with van der Waals surface area (Å²) in [6, 6.07) is 8.19. The van der Waals surface area contributed by atoms with Gasteiger partial charge in [-0.1, -0.05) is 12.1 Å². The number of benzene rings is 1. The molecule has 1 fully saturated rings. The van der Waals surface area contributed by atoms with E-state index in [1.165, 1.54) is 11.5 Å². The van der Waals surface area contributed by atoms with Gasteiger partial charge in [-0.3, -0.25) is 4.79 Å². The summed E-state index contributed by atoms with van der Waals surface area (Å²) in [5, 5.41) is 0.864. The summed E-state index contributed by atoms with van der Waals surface area (Å²) in [5.41, 5.74) is 1.11. The summed E-state index contributed by atoms with van der Waals surface area (Å²) in [4.78, 5) is 21.2. The van der Waals surface area contributed by atoms with Gasteiger partial charge in [0, 0.05) is 50.1 Å². The maximum absolute atomic E-state index is 12.5. The van der Waals surface area contributed by atoms with Gasteiger partial charge in [0.2, 0.25) is 11.0 Å². The Kier molecular flexibility index (Phi) is 7.22. The minimum absolute atomic E-state index is 0.176. The number of nitrogens with zero attached hydrogens (tertiary/aromatic N) is 4. The van der Waals surface area contributed by atoms with Gasteiger partial charge in [-0.2, -0.15) is 4.37 Å². The Morgan fingerprint density at radius 2 is 2.14 bits per heavy atom. The van der Waals surface area contributed by atoms with E-state index in [2.05, 4.69) is 23.1 Å². The second-order valence-electron chi connectivity index (χ2n) is 7.05. The number of rotatable bonds is 8. The predicted molar refractivity (Wildman–Crippen MR) is 110 cm³/mol. The zero-order valence-corrected chi connectivity index (χ0v) is 17.6. The summed E-state index contributed by atoms with van der Waals surface area (Å²) in [7, 11) is 1.66. The van der Waals surface area contributed by atoms with E-state index < -0.39 is 0 Å². The quantitative estimate of drug-likeness (QED) is 0.674. The van der Waals surface area contributed by atoms with Crippen LogP contribution in [0.15, 0.2) is 24.3 Å². The van der Waals surface area contributed by atoms with E-state index in [9.17, 15) is 4.79 Å². The Labute approximate surface area is 170 Å². The zero-order chi connectivity index (χ0) is 19.9. The van der Waals surface area contributed by atoms with Crippen LogP contribution in [-0.2, 0) is 16.0 Å². The SMILES string of the molecule is COc1cccc(Cc2nsc(N(CCC(=O)N3CCOCC3)C(C)C)n2)c1. The minimum atomic E-state index is 0.176. The molecule has 8 heteroatoms. The van der Waals surface area contributed by atoms with Crippen molar-refractivity contribution in [2.75, 3.05) is 44.9 Å². The number of hydrogen-bond donors (Lipinski definition) is 0. The van der Waals surface area contributed by atoms with Crippen molar-refractivity contribution in [1.29, 1.82) is 0 Å². The molecule has 0 radical (unpaired) electrons. The standard InChI is InChI=1S/C20H28N4O3S/c1-15(2)24(8-7-19(25)23-9-11-27-12-10-23)20-21-18(22-28-20)14-16-5-4-6-17(13-16)26-3/h4-6,13,15H,7-12,14H2,1-3H3. The summed E-state index contributed by atoms with van der Waals surface area (Å²) in [6.45, 7) is 7.49. The molecule has 1 aromatic heterocycles. The highest BCUT2D eigenvalue weighted by atomic mass is 32.1. The number of hydrogen-bond acceptors (Lipinski definition) is 7. The fourth-order valence-corrected chi connectivity index (χ4v) is 4.01. The first-order chi connectivity index (χ1) is 13.6. The summed E-state index contributed by atoms with van der Waals surface area (Å²) >= 11 is 1.39. The van der Waals surface area contributed by atoms with Crippen molar-refractivity contribution in [2.24, 2.45) is 0 Å². The Balaban J connectivity index is 1.61. The topological polar surface area (TPSA) is 67.8 Å². The molecule has 28 heavy (non-hydrogen) atoms. The van der Waals surface area contributed by atoms with Crippen LogP contribution >= 0.6 is 11.5 Å². The van der Waals surface area contributed by atoms with Gasteiger partial charge in [0.15, 0.2) is 0 Å². The number of amides is 1. The van der Waals surface area contributed by atoms with Crippen molar-refractivity contribution < 1.29 is 14.3 Å². The van der Waals surface area contributed by atoms with Gasteiger partial charge >= 0.3 is 0 Å². The van der Waals surface area contributed by atoms with Crippen LogP contribution < -0.4 is 9.64 Å². The number of ether oxygens (including phenoxy) is 2. The zero-order valence-electron chi connectivity index (χ0n) is 16.8. The molecule has 1 aliphatic heterocycles. The largest absolute Gasteiger partial charge is 0.497 e. The molecule has 1 aliphatic rings. The molecule has 152 valence electrons. The Bertz CT molecular complexity index is 774. The molecule has 1 aromatic carbocycles. The molecule has 0 bridgehead atoms. The van der Waals surface area contributed by atoms with Crippen LogP contribution in [0.2, 0.25) is 0 Å². The predicted octanol–water partition coefficient (Wildman–Crippen LogP) is 2.60. The van der Waals surface area contributed by atoms with Crippen LogP contribution in [0.25, 0.3) is 0 Å². The number of morpholine rings is 1. The third-order valence-corrected chi connectivity index (χ3v) is 5.54. The van der Waals surface area contributed by atoms with Crippen molar-refractivity contribution in [1.82, 2.24) is 14.3 Å². The molecule has 2 aromatic rings. The van der Waals surface area contributed by atoms with E-state index in [4.69, 9.17) is 14.5 Å². The molecule has 1 saturated heterocycles. The van der Waals surface area contributed by atoms with Gasteiger partial charge in [-0.15, -0.1) is 0 Å². The first-order valence-corrected chi connectivity index (χ1v) is 10.4. The van der Waals surface area contributed by atoms with Crippen LogP contribution in [0.1, 0.15) is 31.7 Å². The fourth-order valence-electron chi connectivity index (χ4n) is 3.16. The van der Waals surface area contributed by atoms with E-state index in [1.807, 2.05) is 29.2 Å². The highest BCUT2D eigenvalue weighted by Gasteiger charge is 2.21. The lowest BCUT2D eigenvalue weighted by Gasteiger charge is -2.29. The Morgan fingerprint density at radius 1 is 1.36 bits per heavy atom. The van der Waals surface area contributed by atoms with Crippen molar-refractivity contribution in [3.8, 4) is 5.75 Å². The number of carbonyl (C=O) groups excluding carboxylic acids is 1. The maximum atomic E-state index is 12.5. The van der Waals surface area contributed by atoms with E-state index in [0.29, 0.717) is 45.7 Å². The van der Waals surface area contributed by atoms with E-state index >= 15 is 0 Å². The first kappa shape index (κ1) is 20.5. The average molecular weight is 405 g/mol. The molecule has 1 amide bonds.